The molecule has 4 rings (SSSR count). The van der Waals surface area contributed by atoms with Gasteiger partial charge in [-0.15, -0.1) is 0 Å². The molecule has 1 atom stereocenters. The van der Waals surface area contributed by atoms with Gasteiger partial charge in [-0.2, -0.15) is 4.98 Å². The molecule has 3 aromatic heterocycles. The number of carbonyl (C=O) groups excluding carboxylic acids is 1. The van der Waals surface area contributed by atoms with Crippen molar-refractivity contribution in [3.05, 3.63) is 41.2 Å². The maximum atomic E-state index is 12.6. The summed E-state index contributed by atoms with van der Waals surface area (Å²) < 4.78 is 15.6. The maximum Gasteiger partial charge on any atom is 0.293 e. The fraction of sp³-hybridized carbons (Fsp3) is 0.412. The largest absolute Gasteiger partial charge is 0.459 e. The molecule has 0 bridgehead atoms. The van der Waals surface area contributed by atoms with Gasteiger partial charge in [0.2, 0.25) is 5.91 Å². The first-order chi connectivity index (χ1) is 12.1. The van der Waals surface area contributed by atoms with Crippen LogP contribution in [0.5, 0.6) is 0 Å². The molecule has 1 saturated heterocycles. The lowest BCUT2D eigenvalue weighted by Crippen LogP contribution is -2.30. The van der Waals surface area contributed by atoms with Crippen molar-refractivity contribution < 1.29 is 18.3 Å². The molecule has 0 aromatic carbocycles. The van der Waals surface area contributed by atoms with Crippen LogP contribution in [0, 0.1) is 13.8 Å². The van der Waals surface area contributed by atoms with E-state index in [-0.39, 0.29) is 11.8 Å². The zero-order valence-electron chi connectivity index (χ0n) is 14.1. The lowest BCUT2D eigenvalue weighted by atomic mass is 10.1. The van der Waals surface area contributed by atoms with Gasteiger partial charge in [0.1, 0.15) is 5.76 Å². The van der Waals surface area contributed by atoms with Crippen LogP contribution in [0.3, 0.4) is 0 Å². The van der Waals surface area contributed by atoms with Gasteiger partial charge in [0.25, 0.3) is 5.89 Å². The van der Waals surface area contributed by atoms with Crippen LogP contribution >= 0.6 is 0 Å². The number of carbonyl (C=O) groups is 1. The quantitative estimate of drug-likeness (QED) is 0.718. The highest BCUT2D eigenvalue weighted by Gasteiger charge is 2.31. The minimum Gasteiger partial charge on any atom is -0.459 e. The Labute approximate surface area is 143 Å². The molecule has 25 heavy (non-hydrogen) atoms. The Morgan fingerprint density at radius 3 is 2.92 bits per heavy atom. The number of amides is 1. The smallest absolute Gasteiger partial charge is 0.293 e. The molecule has 0 aliphatic carbocycles. The molecule has 130 valence electrons. The molecule has 0 spiro atoms. The lowest BCUT2D eigenvalue weighted by Gasteiger charge is -2.15. The molecule has 0 N–H and O–H groups in total. The lowest BCUT2D eigenvalue weighted by molar-refractivity contribution is -0.129. The van der Waals surface area contributed by atoms with Gasteiger partial charge < -0.3 is 18.4 Å². The zero-order chi connectivity index (χ0) is 17.4. The second-order valence-corrected chi connectivity index (χ2v) is 6.24. The molecule has 1 fully saturated rings. The standard InChI is InChI=1S/C17H18N4O4/c1-10-13(11(2)24-19-10)8-15(22)21-6-5-12(9-21)16-18-17(25-20-16)14-4-3-7-23-14/h3-4,7,12H,5-6,8-9H2,1-2H3. The Hall–Kier alpha value is -2.90. The van der Waals surface area contributed by atoms with Crippen molar-refractivity contribution in [1.82, 2.24) is 20.2 Å². The molecule has 0 radical (unpaired) electrons. The van der Waals surface area contributed by atoms with Crippen molar-refractivity contribution >= 4 is 5.91 Å². The molecule has 1 amide bonds. The number of rotatable bonds is 4. The van der Waals surface area contributed by atoms with E-state index in [9.17, 15) is 4.79 Å². The number of aryl methyl sites for hydroxylation is 2. The fourth-order valence-corrected chi connectivity index (χ4v) is 3.12. The van der Waals surface area contributed by atoms with Gasteiger partial charge in [0, 0.05) is 24.6 Å². The van der Waals surface area contributed by atoms with Crippen molar-refractivity contribution in [1.29, 1.82) is 0 Å². The molecule has 1 aliphatic heterocycles. The maximum absolute atomic E-state index is 12.6. The summed E-state index contributed by atoms with van der Waals surface area (Å²) in [5.41, 5.74) is 1.64. The average Bonchev–Trinajstić information content (AvgIpc) is 3.36. The number of nitrogens with zero attached hydrogens (tertiary/aromatic N) is 4. The SMILES string of the molecule is Cc1noc(C)c1CC(=O)N1CCC(c2noc(-c3ccco3)n2)C1. The van der Waals surface area contributed by atoms with E-state index in [1.54, 1.807) is 18.4 Å². The molecule has 0 saturated carbocycles. The van der Waals surface area contributed by atoms with E-state index in [0.29, 0.717) is 42.7 Å². The Balaban J connectivity index is 1.42. The van der Waals surface area contributed by atoms with E-state index in [1.165, 1.54) is 0 Å². The van der Waals surface area contributed by atoms with Gasteiger partial charge in [-0.3, -0.25) is 4.79 Å². The first kappa shape index (κ1) is 15.6. The highest BCUT2D eigenvalue weighted by molar-refractivity contribution is 5.79. The summed E-state index contributed by atoms with van der Waals surface area (Å²) >= 11 is 0. The number of likely N-dealkylation sites (tertiary alicyclic amines) is 1. The molecule has 1 unspecified atom stereocenters. The van der Waals surface area contributed by atoms with Gasteiger partial charge in [0.05, 0.1) is 18.4 Å². The van der Waals surface area contributed by atoms with E-state index < -0.39 is 0 Å². The van der Waals surface area contributed by atoms with Crippen LogP contribution in [0.2, 0.25) is 0 Å². The summed E-state index contributed by atoms with van der Waals surface area (Å²) in [6.07, 6.45) is 2.67. The molecule has 1 aliphatic rings. The molecular formula is C17H18N4O4. The first-order valence-corrected chi connectivity index (χ1v) is 8.19. The van der Waals surface area contributed by atoms with Crippen LogP contribution in [0.15, 0.2) is 31.9 Å². The monoisotopic (exact) mass is 342 g/mol. The van der Waals surface area contributed by atoms with E-state index >= 15 is 0 Å². The van der Waals surface area contributed by atoms with Gasteiger partial charge in [-0.25, -0.2) is 0 Å². The summed E-state index contributed by atoms with van der Waals surface area (Å²) in [6.45, 7) is 4.93. The van der Waals surface area contributed by atoms with Crippen LogP contribution in [0.4, 0.5) is 0 Å². The van der Waals surface area contributed by atoms with E-state index in [1.807, 2.05) is 18.7 Å². The van der Waals surface area contributed by atoms with Gasteiger partial charge in [-0.05, 0) is 32.4 Å². The number of hydrogen-bond acceptors (Lipinski definition) is 7. The first-order valence-electron chi connectivity index (χ1n) is 8.19. The number of furan rings is 1. The Bertz CT molecular complexity index is 861. The predicted octanol–water partition coefficient (Wildman–Crippen LogP) is 2.49. The number of aromatic nitrogens is 3. The van der Waals surface area contributed by atoms with Crippen molar-refractivity contribution in [2.45, 2.75) is 32.6 Å². The van der Waals surface area contributed by atoms with Crippen molar-refractivity contribution in [2.24, 2.45) is 0 Å². The zero-order valence-corrected chi connectivity index (χ0v) is 14.1. The van der Waals surface area contributed by atoms with Crippen molar-refractivity contribution in [3.8, 4) is 11.7 Å². The van der Waals surface area contributed by atoms with E-state index in [2.05, 4.69) is 15.3 Å². The summed E-state index contributed by atoms with van der Waals surface area (Å²) in [7, 11) is 0. The van der Waals surface area contributed by atoms with Gasteiger partial charge in [-0.1, -0.05) is 10.3 Å². The third-order valence-corrected chi connectivity index (χ3v) is 4.59. The van der Waals surface area contributed by atoms with Crippen molar-refractivity contribution in [2.75, 3.05) is 13.1 Å². The molecular weight excluding hydrogens is 324 g/mol. The third kappa shape index (κ3) is 2.95. The topological polar surface area (TPSA) is 98.4 Å². The Morgan fingerprint density at radius 2 is 2.20 bits per heavy atom. The van der Waals surface area contributed by atoms with Crippen LogP contribution < -0.4 is 0 Å². The summed E-state index contributed by atoms with van der Waals surface area (Å²) in [4.78, 5) is 18.8. The Kier molecular flexibility index (Phi) is 3.87. The minimum atomic E-state index is 0.0617. The molecule has 8 heteroatoms. The normalized spacial score (nSPS) is 17.4. The van der Waals surface area contributed by atoms with E-state index in [0.717, 1.165) is 17.7 Å². The molecule has 8 nitrogen and oxygen atoms in total. The molecule has 4 heterocycles. The van der Waals surface area contributed by atoms with Crippen LogP contribution in [-0.4, -0.2) is 39.2 Å². The minimum absolute atomic E-state index is 0.0617. The average molecular weight is 342 g/mol. The van der Waals surface area contributed by atoms with Gasteiger partial charge >= 0.3 is 0 Å². The van der Waals surface area contributed by atoms with Crippen LogP contribution in [-0.2, 0) is 11.2 Å². The summed E-state index contributed by atoms with van der Waals surface area (Å²) in [6, 6.07) is 3.54. The second kappa shape index (κ2) is 6.19. The molecule has 3 aromatic rings. The summed E-state index contributed by atoms with van der Waals surface area (Å²) in [5.74, 6) is 2.35. The van der Waals surface area contributed by atoms with Crippen LogP contribution in [0.1, 0.15) is 35.2 Å². The summed E-state index contributed by atoms with van der Waals surface area (Å²) in [5, 5.41) is 7.94. The van der Waals surface area contributed by atoms with E-state index in [4.69, 9.17) is 13.5 Å². The fourth-order valence-electron chi connectivity index (χ4n) is 3.12. The second-order valence-electron chi connectivity index (χ2n) is 6.24. The predicted molar refractivity (Wildman–Crippen MR) is 85.6 cm³/mol. The van der Waals surface area contributed by atoms with Crippen molar-refractivity contribution in [3.63, 3.8) is 0 Å². The Morgan fingerprint density at radius 1 is 1.32 bits per heavy atom. The highest BCUT2D eigenvalue weighted by atomic mass is 16.5. The third-order valence-electron chi connectivity index (χ3n) is 4.59. The van der Waals surface area contributed by atoms with Gasteiger partial charge in [0.15, 0.2) is 11.6 Å². The number of hydrogen-bond donors (Lipinski definition) is 0. The van der Waals surface area contributed by atoms with Crippen LogP contribution in [0.25, 0.3) is 11.7 Å². The highest BCUT2D eigenvalue weighted by Crippen LogP contribution is 2.28.